The van der Waals surface area contributed by atoms with Crippen LogP contribution in [0.4, 0.5) is 0 Å². The summed E-state index contributed by atoms with van der Waals surface area (Å²) in [6, 6.07) is 5.06. The largest absolute Gasteiger partial charge is 0.351 e. The Morgan fingerprint density at radius 3 is 2.48 bits per heavy atom. The van der Waals surface area contributed by atoms with Gasteiger partial charge in [0.15, 0.2) is 0 Å². The quantitative estimate of drug-likeness (QED) is 0.831. The molecule has 0 saturated carbocycles. The average molecular weight is 333 g/mol. The fourth-order valence-electron chi connectivity index (χ4n) is 1.99. The fraction of sp³-hybridized carbons (Fsp3) is 0.500. The van der Waals surface area contributed by atoms with Crippen molar-refractivity contribution in [2.75, 3.05) is 25.4 Å². The van der Waals surface area contributed by atoms with E-state index >= 15 is 0 Å². The number of hydrogen-bond acceptors (Lipinski definition) is 3. The summed E-state index contributed by atoms with van der Waals surface area (Å²) in [5, 5.41) is 3.14. The summed E-state index contributed by atoms with van der Waals surface area (Å²) in [6.45, 7) is 6.26. The molecule has 0 saturated heterocycles. The first-order valence-corrected chi connectivity index (χ1v) is 8.83. The van der Waals surface area contributed by atoms with Gasteiger partial charge in [0.2, 0.25) is 10.0 Å². The van der Waals surface area contributed by atoms with Crippen LogP contribution in [0, 0.1) is 6.92 Å². The number of hydrogen-bond donors (Lipinski definition) is 1. The Morgan fingerprint density at radius 2 is 1.90 bits per heavy atom. The molecule has 1 rings (SSSR count). The molecule has 0 spiro atoms. The van der Waals surface area contributed by atoms with Crippen LogP contribution in [-0.2, 0) is 10.0 Å². The van der Waals surface area contributed by atoms with E-state index in [4.69, 9.17) is 11.6 Å². The zero-order valence-corrected chi connectivity index (χ0v) is 14.1. The number of benzene rings is 1. The second kappa shape index (κ2) is 7.77. The molecule has 1 aromatic rings. The molecular weight excluding hydrogens is 312 g/mol. The van der Waals surface area contributed by atoms with E-state index < -0.39 is 10.0 Å². The Morgan fingerprint density at radius 1 is 1.29 bits per heavy atom. The molecule has 1 N–H and O–H groups in total. The maximum Gasteiger partial charge on any atom is 0.251 e. The smallest absolute Gasteiger partial charge is 0.251 e. The Labute approximate surface area is 131 Å². The highest BCUT2D eigenvalue weighted by Gasteiger charge is 2.19. The predicted octanol–water partition coefficient (Wildman–Crippen LogP) is 2.05. The predicted molar refractivity (Wildman–Crippen MR) is 85.2 cm³/mol. The van der Waals surface area contributed by atoms with Gasteiger partial charge in [0.05, 0.1) is 5.75 Å². The molecule has 118 valence electrons. The zero-order chi connectivity index (χ0) is 16.0. The molecule has 0 aliphatic heterocycles. The Balaban J connectivity index is 2.64. The minimum atomic E-state index is -3.33. The van der Waals surface area contributed by atoms with Crippen LogP contribution in [0.5, 0.6) is 0 Å². The highest BCUT2D eigenvalue weighted by molar-refractivity contribution is 7.89. The number of carbonyl (C=O) groups is 1. The van der Waals surface area contributed by atoms with Crippen LogP contribution >= 0.6 is 11.6 Å². The van der Waals surface area contributed by atoms with E-state index in [0.29, 0.717) is 29.2 Å². The molecule has 0 aromatic heterocycles. The zero-order valence-electron chi connectivity index (χ0n) is 12.5. The molecule has 0 aliphatic rings. The number of nitrogens with one attached hydrogen (secondary N) is 1. The van der Waals surface area contributed by atoms with Crippen LogP contribution in [-0.4, -0.2) is 44.0 Å². The lowest BCUT2D eigenvalue weighted by molar-refractivity contribution is 0.0955. The van der Waals surface area contributed by atoms with Gasteiger partial charge < -0.3 is 5.32 Å². The topological polar surface area (TPSA) is 66.5 Å². The van der Waals surface area contributed by atoms with Gasteiger partial charge in [0.25, 0.3) is 5.91 Å². The van der Waals surface area contributed by atoms with Crippen LogP contribution in [0.3, 0.4) is 0 Å². The number of amides is 1. The number of halogens is 1. The highest BCUT2D eigenvalue weighted by atomic mass is 35.5. The average Bonchev–Trinajstić information content (AvgIpc) is 2.42. The van der Waals surface area contributed by atoms with Gasteiger partial charge in [-0.1, -0.05) is 31.5 Å². The molecule has 0 radical (unpaired) electrons. The second-order valence-corrected chi connectivity index (χ2v) is 7.06. The molecule has 0 bridgehead atoms. The molecule has 21 heavy (non-hydrogen) atoms. The van der Waals surface area contributed by atoms with Crippen LogP contribution in [0.1, 0.15) is 29.8 Å². The molecule has 7 heteroatoms. The normalized spacial score (nSPS) is 11.7. The molecule has 0 fully saturated rings. The van der Waals surface area contributed by atoms with Crippen molar-refractivity contribution in [3.63, 3.8) is 0 Å². The first-order valence-electron chi connectivity index (χ1n) is 6.84. The first kappa shape index (κ1) is 17.9. The maximum atomic E-state index is 12.0. The molecule has 5 nitrogen and oxygen atoms in total. The molecule has 0 unspecified atom stereocenters. The van der Waals surface area contributed by atoms with Crippen LogP contribution < -0.4 is 5.32 Å². The van der Waals surface area contributed by atoms with Crippen molar-refractivity contribution in [2.24, 2.45) is 0 Å². The standard InChI is InChI=1S/C14H21ClN2O3S/c1-4-17(5-2)21(19,20)10-9-16-14(18)12-7-6-8-13(15)11(12)3/h6-8H,4-5,9-10H2,1-3H3,(H,16,18). The number of nitrogens with zero attached hydrogens (tertiary/aromatic N) is 1. The molecule has 0 aliphatic carbocycles. The van der Waals surface area contributed by atoms with Crippen molar-refractivity contribution >= 4 is 27.5 Å². The lowest BCUT2D eigenvalue weighted by Gasteiger charge is -2.18. The third-order valence-electron chi connectivity index (χ3n) is 3.26. The lowest BCUT2D eigenvalue weighted by Crippen LogP contribution is -2.37. The van der Waals surface area contributed by atoms with Gasteiger partial charge in [-0.3, -0.25) is 4.79 Å². The summed E-state index contributed by atoms with van der Waals surface area (Å²) in [7, 11) is -3.33. The van der Waals surface area contributed by atoms with Crippen molar-refractivity contribution in [2.45, 2.75) is 20.8 Å². The van der Waals surface area contributed by atoms with Crippen molar-refractivity contribution in [3.8, 4) is 0 Å². The minimum absolute atomic E-state index is 0.0730. The van der Waals surface area contributed by atoms with Gasteiger partial charge in [-0.25, -0.2) is 12.7 Å². The molecule has 0 atom stereocenters. The SMILES string of the molecule is CCN(CC)S(=O)(=O)CCNC(=O)c1cccc(Cl)c1C. The summed E-state index contributed by atoms with van der Waals surface area (Å²) in [5.74, 6) is -0.426. The first-order chi connectivity index (χ1) is 9.83. The van der Waals surface area contributed by atoms with E-state index in [1.54, 1.807) is 39.0 Å². The van der Waals surface area contributed by atoms with E-state index in [1.165, 1.54) is 4.31 Å². The Hall–Kier alpha value is -1.11. The highest BCUT2D eigenvalue weighted by Crippen LogP contribution is 2.18. The van der Waals surface area contributed by atoms with E-state index in [9.17, 15) is 13.2 Å². The number of sulfonamides is 1. The van der Waals surface area contributed by atoms with Crippen molar-refractivity contribution in [1.82, 2.24) is 9.62 Å². The summed E-state index contributed by atoms with van der Waals surface area (Å²) in [4.78, 5) is 12.0. The Kier molecular flexibility index (Phi) is 6.64. The molecule has 0 heterocycles. The van der Waals surface area contributed by atoms with Crippen LogP contribution in [0.2, 0.25) is 5.02 Å². The third kappa shape index (κ3) is 4.69. The summed E-state index contributed by atoms with van der Waals surface area (Å²) >= 11 is 5.96. The van der Waals surface area contributed by atoms with Gasteiger partial charge in [-0.2, -0.15) is 0 Å². The van der Waals surface area contributed by atoms with Crippen molar-refractivity contribution in [1.29, 1.82) is 0 Å². The van der Waals surface area contributed by atoms with E-state index in [-0.39, 0.29) is 18.2 Å². The second-order valence-electron chi connectivity index (χ2n) is 4.57. The van der Waals surface area contributed by atoms with Gasteiger partial charge in [-0.15, -0.1) is 0 Å². The fourth-order valence-corrected chi connectivity index (χ4v) is 3.57. The summed E-state index contributed by atoms with van der Waals surface area (Å²) in [5.41, 5.74) is 1.14. The van der Waals surface area contributed by atoms with Crippen molar-refractivity contribution in [3.05, 3.63) is 34.3 Å². The van der Waals surface area contributed by atoms with Crippen molar-refractivity contribution < 1.29 is 13.2 Å². The number of rotatable bonds is 7. The molecule has 1 amide bonds. The summed E-state index contributed by atoms with van der Waals surface area (Å²) in [6.07, 6.45) is 0. The van der Waals surface area contributed by atoms with E-state index in [0.717, 1.165) is 0 Å². The van der Waals surface area contributed by atoms with Crippen LogP contribution in [0.15, 0.2) is 18.2 Å². The van der Waals surface area contributed by atoms with E-state index in [1.807, 2.05) is 0 Å². The molecular formula is C14H21ClN2O3S. The van der Waals surface area contributed by atoms with Gasteiger partial charge in [0, 0.05) is 30.2 Å². The monoisotopic (exact) mass is 332 g/mol. The number of carbonyl (C=O) groups excluding carboxylic acids is 1. The van der Waals surface area contributed by atoms with Gasteiger partial charge in [-0.05, 0) is 24.6 Å². The van der Waals surface area contributed by atoms with Crippen LogP contribution in [0.25, 0.3) is 0 Å². The van der Waals surface area contributed by atoms with Gasteiger partial charge >= 0.3 is 0 Å². The summed E-state index contributed by atoms with van der Waals surface area (Å²) < 4.78 is 25.3. The maximum absolute atomic E-state index is 12.0. The minimum Gasteiger partial charge on any atom is -0.351 e. The Bertz CT molecular complexity index is 598. The lowest BCUT2D eigenvalue weighted by atomic mass is 10.1. The third-order valence-corrected chi connectivity index (χ3v) is 5.69. The molecule has 1 aromatic carbocycles. The van der Waals surface area contributed by atoms with E-state index in [2.05, 4.69) is 5.32 Å². The van der Waals surface area contributed by atoms with Gasteiger partial charge in [0.1, 0.15) is 0 Å².